The molecule has 1 aliphatic heterocycles. The summed E-state index contributed by atoms with van der Waals surface area (Å²) in [5.74, 6) is 1.77. The highest BCUT2D eigenvalue weighted by Gasteiger charge is 2.24. The van der Waals surface area contributed by atoms with Crippen LogP contribution >= 0.6 is 27.7 Å². The van der Waals surface area contributed by atoms with Gasteiger partial charge in [0.05, 0.1) is 28.8 Å². The lowest BCUT2D eigenvalue weighted by Crippen LogP contribution is -2.19. The van der Waals surface area contributed by atoms with Gasteiger partial charge in [-0.05, 0) is 95.1 Å². The van der Waals surface area contributed by atoms with Crippen LogP contribution in [0.1, 0.15) is 23.6 Å². The third kappa shape index (κ3) is 6.46. The second-order valence-electron chi connectivity index (χ2n) is 7.72. The highest BCUT2D eigenvalue weighted by molar-refractivity contribution is 9.10. The van der Waals surface area contributed by atoms with E-state index in [0.29, 0.717) is 34.8 Å². The maximum absolute atomic E-state index is 12.5. The summed E-state index contributed by atoms with van der Waals surface area (Å²) < 4.78 is 17.8. The molecule has 0 saturated carbocycles. The minimum absolute atomic E-state index is 0.199. The van der Waals surface area contributed by atoms with Crippen LogP contribution < -0.4 is 19.5 Å². The molecule has 180 valence electrons. The number of hydrogen-bond acceptors (Lipinski definition) is 6. The number of hydrogen-bond donors (Lipinski definition) is 1. The fourth-order valence-corrected chi connectivity index (χ4v) is 4.87. The number of carbonyl (C=O) groups is 1. The Kier molecular flexibility index (Phi) is 8.15. The van der Waals surface area contributed by atoms with Gasteiger partial charge < -0.3 is 19.5 Å². The normalized spacial score (nSPS) is 15.4. The van der Waals surface area contributed by atoms with Gasteiger partial charge in [0, 0.05) is 0 Å². The predicted octanol–water partition coefficient (Wildman–Crippen LogP) is 6.64. The van der Waals surface area contributed by atoms with Crippen LogP contribution in [-0.2, 0) is 11.4 Å². The van der Waals surface area contributed by atoms with Crippen molar-refractivity contribution in [2.75, 3.05) is 13.7 Å². The van der Waals surface area contributed by atoms with Crippen molar-refractivity contribution >= 4 is 50.5 Å². The van der Waals surface area contributed by atoms with Crippen molar-refractivity contribution < 1.29 is 19.0 Å². The molecule has 1 saturated heterocycles. The number of carbonyl (C=O) groups excluding carboxylic acids is 1. The van der Waals surface area contributed by atoms with Crippen LogP contribution in [0.25, 0.3) is 6.08 Å². The molecule has 0 aliphatic carbocycles. The predicted molar refractivity (Wildman–Crippen MR) is 145 cm³/mol. The summed E-state index contributed by atoms with van der Waals surface area (Å²) in [6, 6.07) is 19.3. The molecule has 1 fully saturated rings. The molecule has 3 aromatic carbocycles. The number of methoxy groups -OCH3 is 1. The van der Waals surface area contributed by atoms with E-state index in [4.69, 9.17) is 14.2 Å². The largest absolute Gasteiger partial charge is 0.494 e. The summed E-state index contributed by atoms with van der Waals surface area (Å²) in [4.78, 5) is 17.6. The molecule has 0 unspecified atom stereocenters. The van der Waals surface area contributed by atoms with Crippen LogP contribution in [0.4, 0.5) is 5.69 Å². The quantitative estimate of drug-likeness (QED) is 0.317. The van der Waals surface area contributed by atoms with E-state index >= 15 is 0 Å². The Balaban J connectivity index is 1.50. The van der Waals surface area contributed by atoms with Gasteiger partial charge >= 0.3 is 0 Å². The second-order valence-corrected chi connectivity index (χ2v) is 9.61. The van der Waals surface area contributed by atoms with E-state index in [2.05, 4.69) is 32.3 Å². The first-order valence-corrected chi connectivity index (χ1v) is 12.6. The number of aryl methyl sites for hydroxylation is 1. The third-order valence-corrected chi connectivity index (χ3v) is 6.54. The summed E-state index contributed by atoms with van der Waals surface area (Å²) in [6.07, 6.45) is 1.80. The summed E-state index contributed by atoms with van der Waals surface area (Å²) in [6.45, 7) is 5.01. The minimum Gasteiger partial charge on any atom is -0.494 e. The van der Waals surface area contributed by atoms with Crippen LogP contribution in [0.2, 0.25) is 0 Å². The number of halogens is 1. The number of nitrogens with one attached hydrogen (secondary N) is 1. The van der Waals surface area contributed by atoms with Gasteiger partial charge in [0.1, 0.15) is 12.4 Å². The molecule has 1 N–H and O–H groups in total. The zero-order chi connectivity index (χ0) is 24.8. The molecule has 6 nitrogen and oxygen atoms in total. The minimum atomic E-state index is -0.199. The third-order valence-electron chi connectivity index (χ3n) is 5.04. The zero-order valence-electron chi connectivity index (χ0n) is 19.6. The smallest absolute Gasteiger partial charge is 0.264 e. The highest BCUT2D eigenvalue weighted by atomic mass is 79.9. The van der Waals surface area contributed by atoms with Crippen molar-refractivity contribution in [2.24, 2.45) is 4.99 Å². The van der Waals surface area contributed by atoms with Crippen LogP contribution in [0.15, 0.2) is 75.0 Å². The van der Waals surface area contributed by atoms with Crippen molar-refractivity contribution in [1.29, 1.82) is 0 Å². The summed E-state index contributed by atoms with van der Waals surface area (Å²) in [7, 11) is 1.59. The number of thioether (sulfide) groups is 1. The number of benzene rings is 3. The maximum atomic E-state index is 12.5. The Morgan fingerprint density at radius 2 is 1.89 bits per heavy atom. The number of amides is 1. The van der Waals surface area contributed by atoms with Crippen LogP contribution in [0.5, 0.6) is 17.2 Å². The van der Waals surface area contributed by atoms with Gasteiger partial charge in [0.2, 0.25) is 0 Å². The zero-order valence-corrected chi connectivity index (χ0v) is 22.0. The van der Waals surface area contributed by atoms with Gasteiger partial charge in [0.15, 0.2) is 16.7 Å². The number of amidine groups is 1. The van der Waals surface area contributed by atoms with Gasteiger partial charge in [-0.1, -0.05) is 29.8 Å². The Morgan fingerprint density at radius 1 is 1.09 bits per heavy atom. The molecule has 1 aliphatic rings. The first kappa shape index (κ1) is 24.9. The Morgan fingerprint density at radius 3 is 2.60 bits per heavy atom. The van der Waals surface area contributed by atoms with Crippen LogP contribution in [0, 0.1) is 6.92 Å². The average Bonchev–Trinajstić information content (AvgIpc) is 3.17. The lowest BCUT2D eigenvalue weighted by Gasteiger charge is -2.14. The van der Waals surface area contributed by atoms with E-state index in [9.17, 15) is 4.79 Å². The molecule has 0 bridgehead atoms. The van der Waals surface area contributed by atoms with Crippen LogP contribution in [-0.4, -0.2) is 24.8 Å². The first-order valence-electron chi connectivity index (χ1n) is 11.0. The Labute approximate surface area is 217 Å². The van der Waals surface area contributed by atoms with E-state index < -0.39 is 0 Å². The Bertz CT molecular complexity index is 1290. The SMILES string of the molecule is CCOc1ccc(N=C2NC(=O)/C(=C\c3cc(Br)c(OCc4cccc(C)c4)c(OC)c3)S2)cc1. The van der Waals surface area contributed by atoms with E-state index in [1.54, 1.807) is 13.2 Å². The van der Waals surface area contributed by atoms with Gasteiger partial charge in [-0.3, -0.25) is 4.79 Å². The molecule has 8 heteroatoms. The fraction of sp³-hybridized carbons (Fsp3) is 0.185. The maximum Gasteiger partial charge on any atom is 0.264 e. The molecule has 4 rings (SSSR count). The van der Waals surface area contributed by atoms with Gasteiger partial charge in [-0.15, -0.1) is 0 Å². The summed E-state index contributed by atoms with van der Waals surface area (Å²) in [5, 5.41) is 3.34. The molecule has 3 aromatic rings. The van der Waals surface area contributed by atoms with E-state index in [1.807, 2.05) is 68.4 Å². The summed E-state index contributed by atoms with van der Waals surface area (Å²) in [5.41, 5.74) is 3.79. The van der Waals surface area contributed by atoms with E-state index in [0.717, 1.165) is 27.0 Å². The monoisotopic (exact) mass is 552 g/mol. The van der Waals surface area contributed by atoms with Crippen molar-refractivity contribution in [3.05, 3.63) is 86.7 Å². The molecule has 35 heavy (non-hydrogen) atoms. The van der Waals surface area contributed by atoms with Crippen molar-refractivity contribution in [3.63, 3.8) is 0 Å². The number of ether oxygens (including phenoxy) is 3. The number of nitrogens with zero attached hydrogens (tertiary/aromatic N) is 1. The average molecular weight is 553 g/mol. The Hall–Kier alpha value is -3.23. The molecule has 1 heterocycles. The fourth-order valence-electron chi connectivity index (χ4n) is 3.45. The molecular formula is C27H25BrN2O4S. The van der Waals surface area contributed by atoms with Crippen molar-refractivity contribution in [2.45, 2.75) is 20.5 Å². The molecule has 0 atom stereocenters. The number of rotatable bonds is 8. The van der Waals surface area contributed by atoms with Gasteiger partial charge in [-0.2, -0.15) is 0 Å². The van der Waals surface area contributed by atoms with Gasteiger partial charge in [-0.25, -0.2) is 4.99 Å². The number of aliphatic imine (C=N–C) groups is 1. The molecular weight excluding hydrogens is 528 g/mol. The van der Waals surface area contributed by atoms with Crippen LogP contribution in [0.3, 0.4) is 0 Å². The van der Waals surface area contributed by atoms with E-state index in [-0.39, 0.29) is 5.91 Å². The molecule has 0 spiro atoms. The summed E-state index contributed by atoms with van der Waals surface area (Å²) >= 11 is 4.88. The lowest BCUT2D eigenvalue weighted by atomic mass is 10.1. The molecule has 1 amide bonds. The topological polar surface area (TPSA) is 69.2 Å². The lowest BCUT2D eigenvalue weighted by molar-refractivity contribution is -0.115. The highest BCUT2D eigenvalue weighted by Crippen LogP contribution is 2.39. The second kappa shape index (κ2) is 11.5. The molecule has 0 radical (unpaired) electrons. The van der Waals surface area contributed by atoms with Crippen molar-refractivity contribution in [3.8, 4) is 17.2 Å². The standard InChI is InChI=1S/C27H25BrN2O4S/c1-4-33-21-10-8-20(9-11-21)29-27-30-26(31)24(35-27)15-19-13-22(28)25(23(14-19)32-3)34-16-18-7-5-6-17(2)12-18/h5-15H,4,16H2,1-3H3,(H,29,30,31)/b24-15+. The van der Waals surface area contributed by atoms with E-state index in [1.165, 1.54) is 17.3 Å². The molecule has 0 aromatic heterocycles. The first-order chi connectivity index (χ1) is 16.9. The van der Waals surface area contributed by atoms with Crippen molar-refractivity contribution in [1.82, 2.24) is 5.32 Å². The van der Waals surface area contributed by atoms with Gasteiger partial charge in [0.25, 0.3) is 5.91 Å².